The first-order valence-electron chi connectivity index (χ1n) is 37.8. The van der Waals surface area contributed by atoms with E-state index in [9.17, 15) is 43.2 Å². The van der Waals surface area contributed by atoms with Crippen molar-refractivity contribution in [2.75, 3.05) is 39.6 Å². The summed E-state index contributed by atoms with van der Waals surface area (Å²) in [4.78, 5) is 72.3. The molecule has 2 unspecified atom stereocenters. The van der Waals surface area contributed by atoms with Gasteiger partial charge >= 0.3 is 39.5 Å². The number of esters is 4. The Morgan fingerprint density at radius 3 is 0.648 bits per heavy atom. The number of phosphoric ester groups is 2. The van der Waals surface area contributed by atoms with Crippen LogP contribution in [0.5, 0.6) is 0 Å². The lowest BCUT2D eigenvalue weighted by molar-refractivity contribution is -0.161. The van der Waals surface area contributed by atoms with Gasteiger partial charge in [0.1, 0.15) is 19.3 Å². The van der Waals surface area contributed by atoms with Gasteiger partial charge in [0.25, 0.3) is 0 Å². The van der Waals surface area contributed by atoms with Crippen LogP contribution in [0.1, 0.15) is 381 Å². The van der Waals surface area contributed by atoms with Gasteiger partial charge in [-0.25, -0.2) is 9.13 Å². The lowest BCUT2D eigenvalue weighted by atomic mass is 10.0. The highest BCUT2D eigenvalue weighted by Gasteiger charge is 2.30. The number of carbonyl (C=O) groups excluding carboxylic acids is 4. The predicted molar refractivity (Wildman–Crippen MR) is 368 cm³/mol. The van der Waals surface area contributed by atoms with E-state index in [-0.39, 0.29) is 25.7 Å². The number of hydrogen-bond acceptors (Lipinski definition) is 15. The van der Waals surface area contributed by atoms with E-state index in [0.29, 0.717) is 25.7 Å². The van der Waals surface area contributed by atoms with E-state index in [0.717, 1.165) is 109 Å². The van der Waals surface area contributed by atoms with E-state index in [1.165, 1.54) is 193 Å². The Labute approximate surface area is 556 Å². The summed E-state index contributed by atoms with van der Waals surface area (Å²) >= 11 is 0. The Hall–Kier alpha value is -1.94. The van der Waals surface area contributed by atoms with E-state index in [1.54, 1.807) is 0 Å². The van der Waals surface area contributed by atoms with Gasteiger partial charge in [0.2, 0.25) is 0 Å². The molecule has 0 amide bonds. The molecule has 0 heterocycles. The maximum absolute atomic E-state index is 13.1. The molecule has 19 heteroatoms. The molecule has 0 saturated heterocycles. The molecule has 540 valence electrons. The normalized spacial score (nSPS) is 14.0. The summed E-state index contributed by atoms with van der Waals surface area (Å²) in [6.45, 7) is 4.88. The molecule has 0 fully saturated rings. The summed E-state index contributed by atoms with van der Waals surface area (Å²) in [6.07, 6.45) is 55.9. The van der Waals surface area contributed by atoms with Crippen LogP contribution in [0.4, 0.5) is 0 Å². The molecule has 0 saturated carbocycles. The molecule has 0 radical (unpaired) electrons. The highest BCUT2D eigenvalue weighted by molar-refractivity contribution is 7.47. The third-order valence-corrected chi connectivity index (χ3v) is 18.8. The maximum atomic E-state index is 13.1. The number of phosphoric acid groups is 2. The van der Waals surface area contributed by atoms with Gasteiger partial charge in [-0.15, -0.1) is 0 Å². The first-order valence-corrected chi connectivity index (χ1v) is 40.8. The fourth-order valence-electron chi connectivity index (χ4n) is 11.0. The van der Waals surface area contributed by atoms with Crippen LogP contribution in [0, 0.1) is 0 Å². The molecule has 0 rings (SSSR count). The van der Waals surface area contributed by atoms with Gasteiger partial charge in [-0.2, -0.15) is 0 Å². The molecular weight excluding hydrogens is 1200 g/mol. The number of aliphatic hydroxyl groups excluding tert-OH is 1. The lowest BCUT2D eigenvalue weighted by Crippen LogP contribution is -2.30. The summed E-state index contributed by atoms with van der Waals surface area (Å²) in [5.74, 6) is -2.13. The van der Waals surface area contributed by atoms with Crippen LogP contribution >= 0.6 is 15.6 Å². The van der Waals surface area contributed by atoms with Gasteiger partial charge in [-0.05, 0) is 25.7 Å². The second-order valence-electron chi connectivity index (χ2n) is 26.0. The van der Waals surface area contributed by atoms with Gasteiger partial charge < -0.3 is 33.8 Å². The highest BCUT2D eigenvalue weighted by atomic mass is 31.2. The van der Waals surface area contributed by atoms with E-state index < -0.39 is 97.5 Å². The summed E-state index contributed by atoms with van der Waals surface area (Å²) in [7, 11) is -9.89. The SMILES string of the molecule is CCCCCCCCCCCCCCCCCCCCCCCCC(=O)O[C@H](COC(=O)CCCCCCCCCCCCCCCC)COP(=O)(O)OC[C@@H](O)COP(=O)(O)OC[C@@H](COC(=O)CCCCCCCCC)OC(=O)CCCCCCCCCC. The minimum absolute atomic E-state index is 0.105. The third-order valence-electron chi connectivity index (χ3n) is 16.9. The van der Waals surface area contributed by atoms with E-state index in [4.69, 9.17) is 37.0 Å². The van der Waals surface area contributed by atoms with Crippen molar-refractivity contribution in [1.82, 2.24) is 0 Å². The lowest BCUT2D eigenvalue weighted by Gasteiger charge is -2.21. The summed E-state index contributed by atoms with van der Waals surface area (Å²) < 4.78 is 68.1. The van der Waals surface area contributed by atoms with Crippen LogP contribution in [0.25, 0.3) is 0 Å². The molecule has 91 heavy (non-hydrogen) atoms. The molecule has 0 aliphatic carbocycles. The first-order chi connectivity index (χ1) is 44.2. The molecule has 0 aliphatic heterocycles. The molecular formula is C72H140O17P2. The average molecular weight is 1340 g/mol. The second kappa shape index (κ2) is 66.7. The van der Waals surface area contributed by atoms with Gasteiger partial charge in [0, 0.05) is 25.7 Å². The molecule has 17 nitrogen and oxygen atoms in total. The zero-order valence-electron chi connectivity index (χ0n) is 58.8. The minimum Gasteiger partial charge on any atom is -0.462 e. The smallest absolute Gasteiger partial charge is 0.462 e. The predicted octanol–water partition coefficient (Wildman–Crippen LogP) is 21.1. The van der Waals surface area contributed by atoms with Crippen LogP contribution in [0.3, 0.4) is 0 Å². The van der Waals surface area contributed by atoms with Crippen molar-refractivity contribution in [1.29, 1.82) is 0 Å². The Bertz CT molecular complexity index is 1740. The van der Waals surface area contributed by atoms with E-state index in [1.807, 2.05) is 0 Å². The Kier molecular flexibility index (Phi) is 65.2. The van der Waals surface area contributed by atoms with Crippen LogP contribution < -0.4 is 0 Å². The van der Waals surface area contributed by atoms with Crippen molar-refractivity contribution < 1.29 is 80.2 Å². The fourth-order valence-corrected chi connectivity index (χ4v) is 12.6. The Balaban J connectivity index is 5.10. The molecule has 0 bridgehead atoms. The monoisotopic (exact) mass is 1340 g/mol. The number of carbonyl (C=O) groups is 4. The van der Waals surface area contributed by atoms with E-state index in [2.05, 4.69) is 27.7 Å². The van der Waals surface area contributed by atoms with Crippen LogP contribution in [-0.2, 0) is 65.4 Å². The van der Waals surface area contributed by atoms with Crippen LogP contribution in [0.2, 0.25) is 0 Å². The number of ether oxygens (including phenoxy) is 4. The molecule has 0 aliphatic rings. The molecule has 5 atom stereocenters. The standard InChI is InChI=1S/C72H140O17P2/c1-5-9-13-17-21-24-26-28-30-31-32-33-34-35-36-37-39-41-43-47-51-55-59-72(77)89-68(63-83-70(75)57-53-49-46-42-40-38-29-27-25-22-18-14-10-6-2)65-87-91(80,81)85-61-66(73)60-84-90(78,79)86-64-67(62-82-69(74)56-52-48-44-20-16-12-8-4)88-71(76)58-54-50-45-23-19-15-11-7-3/h66-68,73H,5-65H2,1-4H3,(H,78,79)(H,80,81)/t66-,67+,68+/m0/s1. The third kappa shape index (κ3) is 66.5. The quantitative estimate of drug-likeness (QED) is 0.0222. The number of rotatable bonds is 73. The topological polar surface area (TPSA) is 237 Å². The average Bonchev–Trinajstić information content (AvgIpc) is 3.69. The van der Waals surface area contributed by atoms with Gasteiger partial charge in [-0.1, -0.05) is 329 Å². The Morgan fingerprint density at radius 1 is 0.264 bits per heavy atom. The van der Waals surface area contributed by atoms with E-state index >= 15 is 0 Å². The Morgan fingerprint density at radius 2 is 0.440 bits per heavy atom. The fraction of sp³-hybridized carbons (Fsp3) is 0.944. The van der Waals surface area contributed by atoms with Gasteiger partial charge in [0.15, 0.2) is 12.2 Å². The largest absolute Gasteiger partial charge is 0.472 e. The van der Waals surface area contributed by atoms with Gasteiger partial charge in [0.05, 0.1) is 26.4 Å². The minimum atomic E-state index is -4.95. The zero-order chi connectivity index (χ0) is 66.8. The van der Waals surface area contributed by atoms with Crippen molar-refractivity contribution in [3.8, 4) is 0 Å². The highest BCUT2D eigenvalue weighted by Crippen LogP contribution is 2.45. The zero-order valence-corrected chi connectivity index (χ0v) is 60.6. The number of hydrogen-bond donors (Lipinski definition) is 3. The number of aliphatic hydroxyl groups is 1. The summed E-state index contributed by atoms with van der Waals surface area (Å²) in [5.41, 5.74) is 0. The van der Waals surface area contributed by atoms with Crippen molar-refractivity contribution in [3.05, 3.63) is 0 Å². The summed E-state index contributed by atoms with van der Waals surface area (Å²) in [6, 6.07) is 0. The number of unbranched alkanes of at least 4 members (excludes halogenated alkanes) is 47. The first kappa shape index (κ1) is 89.1. The molecule has 0 spiro atoms. The molecule has 0 aromatic rings. The van der Waals surface area contributed by atoms with Crippen molar-refractivity contribution >= 4 is 39.5 Å². The molecule has 3 N–H and O–H groups in total. The van der Waals surface area contributed by atoms with Crippen molar-refractivity contribution in [3.63, 3.8) is 0 Å². The van der Waals surface area contributed by atoms with Gasteiger partial charge in [-0.3, -0.25) is 37.3 Å². The summed E-state index contributed by atoms with van der Waals surface area (Å²) in [5, 5.41) is 10.6. The maximum Gasteiger partial charge on any atom is 0.472 e. The van der Waals surface area contributed by atoms with Crippen molar-refractivity contribution in [2.24, 2.45) is 0 Å². The van der Waals surface area contributed by atoms with Crippen LogP contribution in [-0.4, -0.2) is 96.7 Å². The van der Waals surface area contributed by atoms with Crippen LogP contribution in [0.15, 0.2) is 0 Å². The molecule has 0 aromatic carbocycles. The molecule has 0 aromatic heterocycles. The second-order valence-corrected chi connectivity index (χ2v) is 28.9. The van der Waals surface area contributed by atoms with Crippen molar-refractivity contribution in [2.45, 2.75) is 399 Å².